The fraction of sp³-hybridized carbons (Fsp3) is 0.0455. The Labute approximate surface area is 147 Å². The van der Waals surface area contributed by atoms with E-state index in [0.717, 1.165) is 11.1 Å². The van der Waals surface area contributed by atoms with E-state index in [9.17, 15) is 4.79 Å². The molecule has 0 bridgehead atoms. The second-order valence-corrected chi connectivity index (χ2v) is 5.50. The number of anilines is 1. The van der Waals surface area contributed by atoms with Crippen LogP contribution in [0, 0.1) is 0 Å². The highest BCUT2D eigenvalue weighted by Crippen LogP contribution is 2.24. The zero-order chi connectivity index (χ0) is 17.3. The van der Waals surface area contributed by atoms with Gasteiger partial charge in [0.1, 0.15) is 12.4 Å². The van der Waals surface area contributed by atoms with Gasteiger partial charge in [0, 0.05) is 6.08 Å². The van der Waals surface area contributed by atoms with Crippen LogP contribution in [0.25, 0.3) is 6.08 Å². The van der Waals surface area contributed by atoms with Crippen LogP contribution in [0.2, 0.25) is 0 Å². The zero-order valence-corrected chi connectivity index (χ0v) is 13.8. The van der Waals surface area contributed by atoms with Gasteiger partial charge in [0.15, 0.2) is 0 Å². The average molecular weight is 329 g/mol. The highest BCUT2D eigenvalue weighted by atomic mass is 16.5. The Morgan fingerprint density at radius 1 is 0.840 bits per heavy atom. The van der Waals surface area contributed by atoms with Gasteiger partial charge in [-0.2, -0.15) is 0 Å². The van der Waals surface area contributed by atoms with Crippen molar-refractivity contribution in [2.45, 2.75) is 6.61 Å². The van der Waals surface area contributed by atoms with Gasteiger partial charge in [-0.25, -0.2) is 0 Å². The minimum atomic E-state index is -0.195. The third-order valence-corrected chi connectivity index (χ3v) is 3.61. The first-order valence-electron chi connectivity index (χ1n) is 8.11. The molecule has 0 spiro atoms. The van der Waals surface area contributed by atoms with Gasteiger partial charge in [-0.15, -0.1) is 0 Å². The highest BCUT2D eigenvalue weighted by molar-refractivity contribution is 6.02. The molecule has 0 saturated carbocycles. The Kier molecular flexibility index (Phi) is 5.62. The smallest absolute Gasteiger partial charge is 0.248 e. The molecule has 3 aromatic carbocycles. The SMILES string of the molecule is O=C(/C=C/c1ccccc1)Nc1ccccc1OCc1ccccc1. The van der Waals surface area contributed by atoms with Gasteiger partial charge in [0.2, 0.25) is 5.91 Å². The summed E-state index contributed by atoms with van der Waals surface area (Å²) < 4.78 is 5.85. The van der Waals surface area contributed by atoms with Crippen LogP contribution in [0.5, 0.6) is 5.75 Å². The van der Waals surface area contributed by atoms with Crippen molar-refractivity contribution in [1.29, 1.82) is 0 Å². The number of hydrogen-bond donors (Lipinski definition) is 1. The molecule has 0 aliphatic rings. The van der Waals surface area contributed by atoms with E-state index in [0.29, 0.717) is 18.0 Å². The van der Waals surface area contributed by atoms with Crippen LogP contribution in [-0.4, -0.2) is 5.91 Å². The quantitative estimate of drug-likeness (QED) is 0.652. The van der Waals surface area contributed by atoms with Crippen LogP contribution in [0.4, 0.5) is 5.69 Å². The number of carbonyl (C=O) groups excluding carboxylic acids is 1. The summed E-state index contributed by atoms with van der Waals surface area (Å²) in [6.45, 7) is 0.452. The number of carbonyl (C=O) groups is 1. The minimum absolute atomic E-state index is 0.195. The molecule has 0 aliphatic carbocycles. The Balaban J connectivity index is 1.64. The van der Waals surface area contributed by atoms with Gasteiger partial charge in [0.05, 0.1) is 5.69 Å². The van der Waals surface area contributed by atoms with E-state index < -0.39 is 0 Å². The lowest BCUT2D eigenvalue weighted by Gasteiger charge is -2.11. The van der Waals surface area contributed by atoms with Gasteiger partial charge in [-0.1, -0.05) is 72.8 Å². The summed E-state index contributed by atoms with van der Waals surface area (Å²) in [6.07, 6.45) is 3.30. The first-order valence-corrected chi connectivity index (χ1v) is 8.11. The third-order valence-electron chi connectivity index (χ3n) is 3.61. The number of para-hydroxylation sites is 2. The molecule has 124 valence electrons. The molecule has 0 unspecified atom stereocenters. The van der Waals surface area contributed by atoms with E-state index in [1.807, 2.05) is 84.9 Å². The zero-order valence-electron chi connectivity index (χ0n) is 13.8. The van der Waals surface area contributed by atoms with Crippen molar-refractivity contribution in [1.82, 2.24) is 0 Å². The van der Waals surface area contributed by atoms with E-state index in [-0.39, 0.29) is 5.91 Å². The molecule has 3 nitrogen and oxygen atoms in total. The van der Waals surface area contributed by atoms with E-state index in [2.05, 4.69) is 5.32 Å². The van der Waals surface area contributed by atoms with E-state index in [1.54, 1.807) is 6.08 Å². The predicted molar refractivity (Wildman–Crippen MR) is 101 cm³/mol. The maximum Gasteiger partial charge on any atom is 0.248 e. The number of benzene rings is 3. The second kappa shape index (κ2) is 8.50. The number of hydrogen-bond acceptors (Lipinski definition) is 2. The topological polar surface area (TPSA) is 38.3 Å². The molecule has 0 heterocycles. The molecule has 3 rings (SSSR count). The molecule has 0 atom stereocenters. The van der Waals surface area contributed by atoms with Crippen molar-refractivity contribution >= 4 is 17.7 Å². The molecule has 3 heteroatoms. The molecule has 25 heavy (non-hydrogen) atoms. The van der Waals surface area contributed by atoms with E-state index >= 15 is 0 Å². The highest BCUT2D eigenvalue weighted by Gasteiger charge is 2.05. The van der Waals surface area contributed by atoms with Crippen LogP contribution in [-0.2, 0) is 11.4 Å². The van der Waals surface area contributed by atoms with Gasteiger partial charge in [-0.3, -0.25) is 4.79 Å². The monoisotopic (exact) mass is 329 g/mol. The Morgan fingerprint density at radius 2 is 1.48 bits per heavy atom. The second-order valence-electron chi connectivity index (χ2n) is 5.50. The van der Waals surface area contributed by atoms with Crippen LogP contribution in [0.15, 0.2) is 91.0 Å². The van der Waals surface area contributed by atoms with Gasteiger partial charge in [-0.05, 0) is 29.3 Å². The summed E-state index contributed by atoms with van der Waals surface area (Å²) in [5.74, 6) is 0.451. The lowest BCUT2D eigenvalue weighted by Crippen LogP contribution is -2.09. The number of rotatable bonds is 6. The molecule has 0 aliphatic heterocycles. The summed E-state index contributed by atoms with van der Waals surface area (Å²) in [5.41, 5.74) is 2.71. The summed E-state index contributed by atoms with van der Waals surface area (Å²) in [5, 5.41) is 2.87. The van der Waals surface area contributed by atoms with Gasteiger partial charge >= 0.3 is 0 Å². The molecular weight excluding hydrogens is 310 g/mol. The van der Waals surface area contributed by atoms with E-state index in [4.69, 9.17) is 4.74 Å². The summed E-state index contributed by atoms with van der Waals surface area (Å²) >= 11 is 0. The molecule has 1 N–H and O–H groups in total. The first kappa shape index (κ1) is 16.5. The molecule has 0 aromatic heterocycles. The molecular formula is C22H19NO2. The Morgan fingerprint density at radius 3 is 2.24 bits per heavy atom. The first-order chi connectivity index (χ1) is 12.3. The van der Waals surface area contributed by atoms with Gasteiger partial charge in [0.25, 0.3) is 0 Å². The summed E-state index contributed by atoms with van der Waals surface area (Å²) in [4.78, 5) is 12.2. The molecule has 1 amide bonds. The van der Waals surface area contributed by atoms with Gasteiger partial charge < -0.3 is 10.1 Å². The minimum Gasteiger partial charge on any atom is -0.487 e. The third kappa shape index (κ3) is 5.08. The normalized spacial score (nSPS) is 10.6. The van der Waals surface area contributed by atoms with Crippen LogP contribution in [0.1, 0.15) is 11.1 Å². The lowest BCUT2D eigenvalue weighted by molar-refractivity contribution is -0.111. The average Bonchev–Trinajstić information content (AvgIpc) is 2.67. The Bertz CT molecular complexity index is 842. The van der Waals surface area contributed by atoms with Crippen molar-refractivity contribution in [3.05, 3.63) is 102 Å². The molecule has 0 saturated heterocycles. The van der Waals surface area contributed by atoms with Crippen LogP contribution in [0.3, 0.4) is 0 Å². The maximum absolute atomic E-state index is 12.2. The van der Waals surface area contributed by atoms with Crippen molar-refractivity contribution in [2.24, 2.45) is 0 Å². The largest absolute Gasteiger partial charge is 0.487 e. The lowest BCUT2D eigenvalue weighted by atomic mass is 10.2. The standard InChI is InChI=1S/C22H19NO2/c24-22(16-15-18-9-3-1-4-10-18)23-20-13-7-8-14-21(20)25-17-19-11-5-2-6-12-19/h1-16H,17H2,(H,23,24)/b16-15+. The van der Waals surface area contributed by atoms with Crippen LogP contribution >= 0.6 is 0 Å². The summed E-state index contributed by atoms with van der Waals surface area (Å²) in [7, 11) is 0. The fourth-order valence-corrected chi connectivity index (χ4v) is 2.34. The number of amides is 1. The number of ether oxygens (including phenoxy) is 1. The van der Waals surface area contributed by atoms with Crippen molar-refractivity contribution in [3.63, 3.8) is 0 Å². The maximum atomic E-state index is 12.2. The Hall–Kier alpha value is -3.33. The molecule has 0 radical (unpaired) electrons. The van der Waals surface area contributed by atoms with Crippen molar-refractivity contribution in [3.8, 4) is 5.75 Å². The van der Waals surface area contributed by atoms with Crippen LogP contribution < -0.4 is 10.1 Å². The number of nitrogens with one attached hydrogen (secondary N) is 1. The molecule has 3 aromatic rings. The predicted octanol–water partition coefficient (Wildman–Crippen LogP) is 4.92. The van der Waals surface area contributed by atoms with E-state index in [1.165, 1.54) is 6.08 Å². The molecule has 0 fully saturated rings. The van der Waals surface area contributed by atoms with Crippen molar-refractivity contribution < 1.29 is 9.53 Å². The van der Waals surface area contributed by atoms with Crippen molar-refractivity contribution in [2.75, 3.05) is 5.32 Å². The summed E-state index contributed by atoms with van der Waals surface area (Å²) in [6, 6.07) is 27.1. The fourth-order valence-electron chi connectivity index (χ4n) is 2.34.